The Hall–Kier alpha value is -3.84. The third-order valence-corrected chi connectivity index (χ3v) is 5.22. The molecular formula is C24H21FN4O2. The Labute approximate surface area is 179 Å². The molecule has 0 spiro atoms. The number of rotatable bonds is 5. The molecule has 3 aromatic carbocycles. The molecule has 1 unspecified atom stereocenters. The number of fused-ring (bicyclic) bond motifs is 1. The zero-order valence-electron chi connectivity index (χ0n) is 16.9. The molecule has 156 valence electrons. The maximum Gasteiger partial charge on any atom is 0.240 e. The average molecular weight is 416 g/mol. The number of nitrogens with zero attached hydrogens (tertiary/aromatic N) is 2. The molecule has 2 amide bonds. The Kier molecular flexibility index (Phi) is 5.60. The van der Waals surface area contributed by atoms with E-state index in [-0.39, 0.29) is 18.4 Å². The van der Waals surface area contributed by atoms with Gasteiger partial charge < -0.3 is 16.0 Å². The first-order valence-corrected chi connectivity index (χ1v) is 9.79. The van der Waals surface area contributed by atoms with Crippen molar-refractivity contribution in [1.29, 1.82) is 0 Å². The lowest BCUT2D eigenvalue weighted by Crippen LogP contribution is -2.32. The van der Waals surface area contributed by atoms with Crippen molar-refractivity contribution < 1.29 is 14.0 Å². The highest BCUT2D eigenvalue weighted by atomic mass is 19.1. The molecule has 0 radical (unpaired) electrons. The van der Waals surface area contributed by atoms with Crippen LogP contribution in [0, 0.1) is 5.82 Å². The van der Waals surface area contributed by atoms with Crippen molar-refractivity contribution in [2.45, 2.75) is 5.92 Å². The number of nitrogens with one attached hydrogen (secondary N) is 1. The fourth-order valence-corrected chi connectivity index (χ4v) is 3.58. The van der Waals surface area contributed by atoms with Gasteiger partial charge in [0.1, 0.15) is 11.7 Å². The number of hydrogen-bond acceptors (Lipinski definition) is 4. The van der Waals surface area contributed by atoms with Crippen LogP contribution in [-0.4, -0.2) is 31.1 Å². The minimum absolute atomic E-state index is 0.0780. The lowest BCUT2D eigenvalue weighted by molar-refractivity contribution is -0.117. The van der Waals surface area contributed by atoms with Crippen LogP contribution in [0.3, 0.4) is 0 Å². The number of halogens is 1. The summed E-state index contributed by atoms with van der Waals surface area (Å²) in [6, 6.07) is 20.8. The molecule has 1 aliphatic heterocycles. The van der Waals surface area contributed by atoms with Crippen molar-refractivity contribution in [2.24, 2.45) is 10.7 Å². The Morgan fingerprint density at radius 3 is 2.48 bits per heavy atom. The van der Waals surface area contributed by atoms with Gasteiger partial charge in [0.05, 0.1) is 17.9 Å². The average Bonchev–Trinajstić information content (AvgIpc) is 3.11. The number of amides is 2. The molecule has 1 aliphatic rings. The van der Waals surface area contributed by atoms with Crippen LogP contribution in [0.25, 0.3) is 0 Å². The summed E-state index contributed by atoms with van der Waals surface area (Å²) in [5, 5.41) is 2.75. The van der Waals surface area contributed by atoms with Gasteiger partial charge in [-0.3, -0.25) is 14.6 Å². The summed E-state index contributed by atoms with van der Waals surface area (Å²) in [4.78, 5) is 30.9. The van der Waals surface area contributed by atoms with E-state index in [1.165, 1.54) is 17.0 Å². The van der Waals surface area contributed by atoms with Gasteiger partial charge in [-0.25, -0.2) is 4.39 Å². The number of hydrogen-bond donors (Lipinski definition) is 2. The third-order valence-electron chi connectivity index (χ3n) is 5.22. The van der Waals surface area contributed by atoms with Gasteiger partial charge in [-0.2, -0.15) is 0 Å². The summed E-state index contributed by atoms with van der Waals surface area (Å²) in [5.41, 5.74) is 9.22. The van der Waals surface area contributed by atoms with Crippen LogP contribution in [0.4, 0.5) is 21.5 Å². The molecule has 6 nitrogen and oxygen atoms in total. The molecule has 4 rings (SSSR count). The molecule has 0 saturated heterocycles. The van der Waals surface area contributed by atoms with Crippen LogP contribution < -0.4 is 16.0 Å². The molecule has 3 aromatic rings. The van der Waals surface area contributed by atoms with Gasteiger partial charge >= 0.3 is 0 Å². The SMILES string of the molecule is CN(C(=O)CN)c1ccc(N=C(c2ccccc2)C2C(=O)Nc3cc(F)ccc32)cc1. The van der Waals surface area contributed by atoms with E-state index in [1.54, 1.807) is 37.4 Å². The van der Waals surface area contributed by atoms with Crippen LogP contribution in [0.2, 0.25) is 0 Å². The number of carbonyl (C=O) groups excluding carboxylic acids is 2. The van der Waals surface area contributed by atoms with Gasteiger partial charge in [0.15, 0.2) is 0 Å². The van der Waals surface area contributed by atoms with E-state index >= 15 is 0 Å². The normalized spacial score (nSPS) is 15.4. The summed E-state index contributed by atoms with van der Waals surface area (Å²) < 4.78 is 13.7. The number of anilines is 2. The Morgan fingerprint density at radius 1 is 1.10 bits per heavy atom. The smallest absolute Gasteiger partial charge is 0.240 e. The second kappa shape index (κ2) is 8.49. The monoisotopic (exact) mass is 416 g/mol. The first-order valence-electron chi connectivity index (χ1n) is 9.79. The van der Waals surface area contributed by atoms with E-state index in [9.17, 15) is 14.0 Å². The predicted molar refractivity (Wildman–Crippen MR) is 119 cm³/mol. The van der Waals surface area contributed by atoms with Crippen LogP contribution in [0.5, 0.6) is 0 Å². The molecule has 0 aliphatic carbocycles. The zero-order valence-corrected chi connectivity index (χ0v) is 16.9. The van der Waals surface area contributed by atoms with Crippen molar-refractivity contribution in [1.82, 2.24) is 0 Å². The second-order valence-corrected chi connectivity index (χ2v) is 7.19. The summed E-state index contributed by atoms with van der Waals surface area (Å²) >= 11 is 0. The van der Waals surface area contributed by atoms with Crippen LogP contribution in [0.15, 0.2) is 77.8 Å². The zero-order chi connectivity index (χ0) is 22.0. The number of carbonyl (C=O) groups is 2. The van der Waals surface area contributed by atoms with Gasteiger partial charge in [0.25, 0.3) is 0 Å². The second-order valence-electron chi connectivity index (χ2n) is 7.19. The lowest BCUT2D eigenvalue weighted by atomic mass is 9.90. The quantitative estimate of drug-likeness (QED) is 0.623. The number of nitrogens with two attached hydrogens (primary N) is 1. The molecule has 1 atom stereocenters. The lowest BCUT2D eigenvalue weighted by Gasteiger charge is -2.17. The van der Waals surface area contributed by atoms with Crippen LogP contribution in [0.1, 0.15) is 17.0 Å². The van der Waals surface area contributed by atoms with Crippen LogP contribution in [-0.2, 0) is 9.59 Å². The number of likely N-dealkylation sites (N-methyl/N-ethyl adjacent to an activating group) is 1. The Morgan fingerprint density at radius 2 is 1.81 bits per heavy atom. The van der Waals surface area contributed by atoms with Gasteiger partial charge in [-0.15, -0.1) is 0 Å². The van der Waals surface area contributed by atoms with Crippen molar-refractivity contribution >= 4 is 34.6 Å². The largest absolute Gasteiger partial charge is 0.325 e. The minimum atomic E-state index is -0.667. The maximum atomic E-state index is 13.7. The summed E-state index contributed by atoms with van der Waals surface area (Å²) in [7, 11) is 1.65. The molecule has 0 bridgehead atoms. The fourth-order valence-electron chi connectivity index (χ4n) is 3.58. The topological polar surface area (TPSA) is 87.8 Å². The van der Waals surface area contributed by atoms with Gasteiger partial charge in [0.2, 0.25) is 11.8 Å². The number of aliphatic imine (C=N–C) groups is 1. The molecule has 7 heteroatoms. The van der Waals surface area contributed by atoms with E-state index < -0.39 is 11.7 Å². The highest BCUT2D eigenvalue weighted by Crippen LogP contribution is 2.36. The van der Waals surface area contributed by atoms with Crippen LogP contribution >= 0.6 is 0 Å². The van der Waals surface area contributed by atoms with E-state index in [2.05, 4.69) is 5.32 Å². The molecule has 3 N–H and O–H groups in total. The highest BCUT2D eigenvalue weighted by Gasteiger charge is 2.35. The molecule has 0 fully saturated rings. The van der Waals surface area contributed by atoms with E-state index in [1.807, 2.05) is 30.3 Å². The van der Waals surface area contributed by atoms with Gasteiger partial charge in [-0.1, -0.05) is 36.4 Å². The van der Waals surface area contributed by atoms with Crippen molar-refractivity contribution in [3.63, 3.8) is 0 Å². The first-order chi connectivity index (χ1) is 15.0. The van der Waals surface area contributed by atoms with Crippen molar-refractivity contribution in [3.8, 4) is 0 Å². The molecule has 0 aromatic heterocycles. The van der Waals surface area contributed by atoms with Crippen molar-refractivity contribution in [3.05, 3.63) is 89.7 Å². The molecular weight excluding hydrogens is 395 g/mol. The molecule has 1 heterocycles. The molecule has 31 heavy (non-hydrogen) atoms. The summed E-state index contributed by atoms with van der Waals surface area (Å²) in [6.07, 6.45) is 0. The van der Waals surface area contributed by atoms with E-state index in [0.29, 0.717) is 28.3 Å². The molecule has 0 saturated carbocycles. The standard InChI is InChI=1S/C24H21FN4O2/c1-29(21(30)14-26)18-10-8-17(9-11-18)27-23(15-5-3-2-4-6-15)22-19-12-7-16(25)13-20(19)28-24(22)31/h2-13,22H,14,26H2,1H3,(H,28,31). The van der Waals surface area contributed by atoms with E-state index in [4.69, 9.17) is 10.7 Å². The minimum Gasteiger partial charge on any atom is -0.325 e. The first kappa shape index (κ1) is 20.4. The Balaban J connectivity index is 1.76. The number of benzene rings is 3. The predicted octanol–water partition coefficient (Wildman–Crippen LogP) is 3.60. The van der Waals surface area contributed by atoms with Gasteiger partial charge in [-0.05, 0) is 47.5 Å². The highest BCUT2D eigenvalue weighted by molar-refractivity contribution is 6.24. The third kappa shape index (κ3) is 4.08. The Bertz CT molecular complexity index is 1160. The fraction of sp³-hybridized carbons (Fsp3) is 0.125. The summed E-state index contributed by atoms with van der Waals surface area (Å²) in [6.45, 7) is -0.0780. The van der Waals surface area contributed by atoms with Crippen molar-refractivity contribution in [2.75, 3.05) is 23.8 Å². The maximum absolute atomic E-state index is 13.7. The van der Waals surface area contributed by atoms with Gasteiger partial charge in [0, 0.05) is 18.4 Å². The van der Waals surface area contributed by atoms with E-state index in [0.717, 1.165) is 5.56 Å². The summed E-state index contributed by atoms with van der Waals surface area (Å²) in [5.74, 6) is -1.54.